The Balaban J connectivity index is 2.05. The molecule has 3 heteroatoms. The first kappa shape index (κ1) is 11.0. The second-order valence-electron chi connectivity index (χ2n) is 3.49. The molecular weight excluding hydrogens is 176 g/mol. The zero-order chi connectivity index (χ0) is 10.2. The van der Waals surface area contributed by atoms with Crippen LogP contribution in [0, 0.1) is 0 Å². The Morgan fingerprint density at radius 2 is 2.07 bits per heavy atom. The van der Waals surface area contributed by atoms with Crippen molar-refractivity contribution in [3.63, 3.8) is 0 Å². The van der Waals surface area contributed by atoms with Gasteiger partial charge in [-0.3, -0.25) is 4.98 Å². The van der Waals surface area contributed by atoms with Crippen LogP contribution in [-0.2, 0) is 0 Å². The van der Waals surface area contributed by atoms with E-state index in [1.165, 1.54) is 0 Å². The third kappa shape index (κ3) is 4.82. The molecule has 0 aromatic carbocycles. The van der Waals surface area contributed by atoms with E-state index in [2.05, 4.69) is 24.1 Å². The fraction of sp³-hybridized carbons (Fsp3) is 0.545. The van der Waals surface area contributed by atoms with Crippen LogP contribution in [0.4, 0.5) is 0 Å². The van der Waals surface area contributed by atoms with Crippen molar-refractivity contribution < 1.29 is 4.74 Å². The van der Waals surface area contributed by atoms with Gasteiger partial charge in [-0.1, -0.05) is 13.8 Å². The lowest BCUT2D eigenvalue weighted by Gasteiger charge is -2.08. The van der Waals surface area contributed by atoms with Crippen LogP contribution in [0.1, 0.15) is 20.3 Å². The van der Waals surface area contributed by atoms with Gasteiger partial charge in [0.15, 0.2) is 0 Å². The zero-order valence-corrected chi connectivity index (χ0v) is 8.86. The van der Waals surface area contributed by atoms with E-state index in [0.717, 1.165) is 25.3 Å². The molecule has 1 aromatic rings. The molecule has 0 bridgehead atoms. The van der Waals surface area contributed by atoms with Gasteiger partial charge in [-0.05, 0) is 25.1 Å². The lowest BCUT2D eigenvalue weighted by atomic mass is 10.3. The standard InChI is InChI=1S/C11H18N2O/c1-10(2)13-6-3-9-14-11-4-7-12-8-5-11/h4-5,7-8,10,13H,3,6,9H2,1-2H3. The molecule has 0 atom stereocenters. The number of rotatable bonds is 6. The van der Waals surface area contributed by atoms with Crippen molar-refractivity contribution in [2.75, 3.05) is 13.2 Å². The predicted molar refractivity (Wildman–Crippen MR) is 57.5 cm³/mol. The van der Waals surface area contributed by atoms with E-state index in [1.807, 2.05) is 12.1 Å². The van der Waals surface area contributed by atoms with Crippen molar-refractivity contribution in [2.45, 2.75) is 26.3 Å². The molecule has 0 aliphatic carbocycles. The minimum absolute atomic E-state index is 0.552. The van der Waals surface area contributed by atoms with E-state index < -0.39 is 0 Å². The molecule has 1 rings (SSSR count). The Morgan fingerprint density at radius 3 is 2.71 bits per heavy atom. The number of hydrogen-bond acceptors (Lipinski definition) is 3. The van der Waals surface area contributed by atoms with Crippen LogP contribution in [0.15, 0.2) is 24.5 Å². The molecule has 3 nitrogen and oxygen atoms in total. The highest BCUT2D eigenvalue weighted by Crippen LogP contribution is 2.06. The van der Waals surface area contributed by atoms with Crippen molar-refractivity contribution in [1.29, 1.82) is 0 Å². The monoisotopic (exact) mass is 194 g/mol. The summed E-state index contributed by atoms with van der Waals surface area (Å²) in [5, 5.41) is 3.34. The Bertz CT molecular complexity index is 236. The van der Waals surface area contributed by atoms with Gasteiger partial charge in [0.2, 0.25) is 0 Å². The highest BCUT2D eigenvalue weighted by Gasteiger charge is 1.93. The number of hydrogen-bond donors (Lipinski definition) is 1. The van der Waals surface area contributed by atoms with Gasteiger partial charge in [-0.15, -0.1) is 0 Å². The van der Waals surface area contributed by atoms with Crippen molar-refractivity contribution in [3.8, 4) is 5.75 Å². The van der Waals surface area contributed by atoms with Crippen LogP contribution >= 0.6 is 0 Å². The summed E-state index contributed by atoms with van der Waals surface area (Å²) >= 11 is 0. The van der Waals surface area contributed by atoms with Crippen molar-refractivity contribution in [2.24, 2.45) is 0 Å². The van der Waals surface area contributed by atoms with E-state index in [0.29, 0.717) is 6.04 Å². The summed E-state index contributed by atoms with van der Waals surface area (Å²) in [6.45, 7) is 6.04. The van der Waals surface area contributed by atoms with Crippen LogP contribution in [0.3, 0.4) is 0 Å². The molecular formula is C11H18N2O. The molecule has 0 saturated carbocycles. The predicted octanol–water partition coefficient (Wildman–Crippen LogP) is 1.85. The smallest absolute Gasteiger partial charge is 0.122 e. The van der Waals surface area contributed by atoms with E-state index in [-0.39, 0.29) is 0 Å². The number of pyridine rings is 1. The van der Waals surface area contributed by atoms with Crippen molar-refractivity contribution in [1.82, 2.24) is 10.3 Å². The zero-order valence-electron chi connectivity index (χ0n) is 8.86. The fourth-order valence-electron chi connectivity index (χ4n) is 1.09. The molecule has 0 saturated heterocycles. The van der Waals surface area contributed by atoms with Crippen LogP contribution in [0.5, 0.6) is 5.75 Å². The maximum atomic E-state index is 5.51. The normalized spacial score (nSPS) is 10.5. The van der Waals surface area contributed by atoms with Gasteiger partial charge in [-0.25, -0.2) is 0 Å². The second kappa shape index (κ2) is 6.38. The molecule has 1 N–H and O–H groups in total. The first-order valence-corrected chi connectivity index (χ1v) is 5.05. The average Bonchev–Trinajstić information content (AvgIpc) is 2.18. The third-order valence-electron chi connectivity index (χ3n) is 1.79. The van der Waals surface area contributed by atoms with Crippen molar-refractivity contribution >= 4 is 0 Å². The summed E-state index contributed by atoms with van der Waals surface area (Å²) in [6, 6.07) is 4.29. The van der Waals surface area contributed by atoms with Crippen LogP contribution < -0.4 is 10.1 Å². The summed E-state index contributed by atoms with van der Waals surface area (Å²) in [4.78, 5) is 3.92. The lowest BCUT2D eigenvalue weighted by Crippen LogP contribution is -2.24. The fourth-order valence-corrected chi connectivity index (χ4v) is 1.09. The second-order valence-corrected chi connectivity index (χ2v) is 3.49. The van der Waals surface area contributed by atoms with Crippen LogP contribution in [-0.4, -0.2) is 24.2 Å². The largest absolute Gasteiger partial charge is 0.493 e. The molecule has 78 valence electrons. The number of ether oxygens (including phenoxy) is 1. The minimum Gasteiger partial charge on any atom is -0.493 e. The molecule has 0 unspecified atom stereocenters. The summed E-state index contributed by atoms with van der Waals surface area (Å²) in [5.74, 6) is 0.893. The summed E-state index contributed by atoms with van der Waals surface area (Å²) < 4.78 is 5.51. The molecule has 0 aliphatic heterocycles. The Hall–Kier alpha value is -1.09. The summed E-state index contributed by atoms with van der Waals surface area (Å²) in [7, 11) is 0. The lowest BCUT2D eigenvalue weighted by molar-refractivity contribution is 0.306. The van der Waals surface area contributed by atoms with Crippen LogP contribution in [0.25, 0.3) is 0 Å². The van der Waals surface area contributed by atoms with E-state index in [4.69, 9.17) is 4.74 Å². The molecule has 0 amide bonds. The number of aromatic nitrogens is 1. The maximum Gasteiger partial charge on any atom is 0.122 e. The van der Waals surface area contributed by atoms with Gasteiger partial charge in [0.05, 0.1) is 6.61 Å². The van der Waals surface area contributed by atoms with E-state index in [9.17, 15) is 0 Å². The SMILES string of the molecule is CC(C)NCCCOc1ccncc1. The molecule has 0 spiro atoms. The molecule has 1 aromatic heterocycles. The van der Waals surface area contributed by atoms with Gasteiger partial charge >= 0.3 is 0 Å². The first-order valence-electron chi connectivity index (χ1n) is 5.05. The number of nitrogens with zero attached hydrogens (tertiary/aromatic N) is 1. The minimum atomic E-state index is 0.552. The summed E-state index contributed by atoms with van der Waals surface area (Å²) in [6.07, 6.45) is 4.50. The topological polar surface area (TPSA) is 34.1 Å². The Kier molecular flexibility index (Phi) is 5.00. The summed E-state index contributed by atoms with van der Waals surface area (Å²) in [5.41, 5.74) is 0. The molecule has 0 aliphatic rings. The average molecular weight is 194 g/mol. The van der Waals surface area contributed by atoms with Gasteiger partial charge in [0.25, 0.3) is 0 Å². The number of nitrogens with one attached hydrogen (secondary N) is 1. The molecule has 0 radical (unpaired) electrons. The molecule has 14 heavy (non-hydrogen) atoms. The Morgan fingerprint density at radius 1 is 1.36 bits per heavy atom. The van der Waals surface area contributed by atoms with Gasteiger partial charge in [-0.2, -0.15) is 0 Å². The maximum absolute atomic E-state index is 5.51. The van der Waals surface area contributed by atoms with Crippen LogP contribution in [0.2, 0.25) is 0 Å². The third-order valence-corrected chi connectivity index (χ3v) is 1.79. The van der Waals surface area contributed by atoms with Gasteiger partial charge < -0.3 is 10.1 Å². The Labute approximate surface area is 85.5 Å². The first-order chi connectivity index (χ1) is 6.79. The van der Waals surface area contributed by atoms with E-state index >= 15 is 0 Å². The van der Waals surface area contributed by atoms with E-state index in [1.54, 1.807) is 12.4 Å². The van der Waals surface area contributed by atoms with Gasteiger partial charge in [0, 0.05) is 18.4 Å². The van der Waals surface area contributed by atoms with Crippen molar-refractivity contribution in [3.05, 3.63) is 24.5 Å². The highest BCUT2D eigenvalue weighted by molar-refractivity contribution is 5.16. The molecule has 1 heterocycles. The molecule has 0 fully saturated rings. The highest BCUT2D eigenvalue weighted by atomic mass is 16.5. The van der Waals surface area contributed by atoms with Gasteiger partial charge in [0.1, 0.15) is 5.75 Å². The quantitative estimate of drug-likeness (QED) is 0.702.